The van der Waals surface area contributed by atoms with E-state index in [1.54, 1.807) is 0 Å². The molecule has 0 fully saturated rings. The van der Waals surface area contributed by atoms with Crippen molar-refractivity contribution < 1.29 is 19.2 Å². The van der Waals surface area contributed by atoms with Crippen LogP contribution in [0.1, 0.15) is 38.7 Å². The number of ether oxygens (including phenoxy) is 2. The third-order valence-corrected chi connectivity index (χ3v) is 4.07. The maximum atomic E-state index is 12.2. The van der Waals surface area contributed by atoms with Gasteiger partial charge in [0.05, 0.1) is 18.1 Å². The zero-order chi connectivity index (χ0) is 20.4. The predicted molar refractivity (Wildman–Crippen MR) is 108 cm³/mol. The molecule has 0 saturated heterocycles. The summed E-state index contributed by atoms with van der Waals surface area (Å²) >= 11 is 0. The van der Waals surface area contributed by atoms with E-state index in [1.165, 1.54) is 24.3 Å². The average Bonchev–Trinajstić information content (AvgIpc) is 2.68. The number of nitrogens with one attached hydrogen (secondary N) is 1. The zero-order valence-electron chi connectivity index (χ0n) is 16.3. The molecular weight excluding hydrogens is 360 g/mol. The van der Waals surface area contributed by atoms with Crippen LogP contribution in [-0.4, -0.2) is 24.0 Å². The van der Waals surface area contributed by atoms with Gasteiger partial charge in [-0.3, -0.25) is 14.9 Å². The summed E-state index contributed by atoms with van der Waals surface area (Å²) in [4.78, 5) is 22.3. The topological polar surface area (TPSA) is 90.7 Å². The van der Waals surface area contributed by atoms with Crippen LogP contribution in [0.15, 0.2) is 42.5 Å². The molecule has 0 unspecified atom stereocenters. The zero-order valence-corrected chi connectivity index (χ0v) is 16.3. The van der Waals surface area contributed by atoms with Gasteiger partial charge in [-0.25, -0.2) is 0 Å². The molecule has 0 atom stereocenters. The van der Waals surface area contributed by atoms with Gasteiger partial charge in [0.15, 0.2) is 11.5 Å². The second-order valence-electron chi connectivity index (χ2n) is 6.27. The lowest BCUT2D eigenvalue weighted by molar-refractivity contribution is -0.384. The first kappa shape index (κ1) is 21.2. The Morgan fingerprint density at radius 2 is 1.82 bits per heavy atom. The van der Waals surface area contributed by atoms with E-state index in [0.717, 1.165) is 24.2 Å². The van der Waals surface area contributed by atoms with Crippen LogP contribution in [0.25, 0.3) is 0 Å². The van der Waals surface area contributed by atoms with Crippen LogP contribution < -0.4 is 14.8 Å². The fourth-order valence-corrected chi connectivity index (χ4v) is 2.57. The molecule has 1 amide bonds. The van der Waals surface area contributed by atoms with Gasteiger partial charge in [0.1, 0.15) is 0 Å². The Hall–Kier alpha value is -3.09. The number of non-ortho nitro benzene ring substituents is 1. The van der Waals surface area contributed by atoms with Gasteiger partial charge in [-0.1, -0.05) is 19.4 Å². The standard InChI is InChI=1S/C21H26N2O5/c1-3-5-14-28-19-12-6-16(15-20(19)27-4-2)7-13-21(24)22-17-8-10-18(11-9-17)23(25)26/h6,8-12,15H,3-5,7,13-14H2,1-2H3,(H,22,24). The molecule has 0 radical (unpaired) electrons. The molecule has 7 nitrogen and oxygen atoms in total. The van der Waals surface area contributed by atoms with Crippen molar-refractivity contribution in [3.05, 3.63) is 58.1 Å². The van der Waals surface area contributed by atoms with Gasteiger partial charge in [0.2, 0.25) is 5.91 Å². The third kappa shape index (κ3) is 6.57. The van der Waals surface area contributed by atoms with Gasteiger partial charge >= 0.3 is 0 Å². The molecule has 0 spiro atoms. The van der Waals surface area contributed by atoms with E-state index >= 15 is 0 Å². The highest BCUT2D eigenvalue weighted by molar-refractivity contribution is 5.90. The van der Waals surface area contributed by atoms with Crippen molar-refractivity contribution in [2.45, 2.75) is 39.5 Å². The van der Waals surface area contributed by atoms with Crippen molar-refractivity contribution in [1.29, 1.82) is 0 Å². The summed E-state index contributed by atoms with van der Waals surface area (Å²) in [6, 6.07) is 11.5. The highest BCUT2D eigenvalue weighted by Crippen LogP contribution is 2.29. The molecule has 28 heavy (non-hydrogen) atoms. The Morgan fingerprint density at radius 3 is 2.46 bits per heavy atom. The second-order valence-corrected chi connectivity index (χ2v) is 6.27. The Labute approximate surface area is 164 Å². The minimum absolute atomic E-state index is 0.0114. The summed E-state index contributed by atoms with van der Waals surface area (Å²) < 4.78 is 11.4. The summed E-state index contributed by atoms with van der Waals surface area (Å²) in [6.07, 6.45) is 2.88. The van der Waals surface area contributed by atoms with E-state index in [1.807, 2.05) is 25.1 Å². The Bertz CT molecular complexity index is 790. The summed E-state index contributed by atoms with van der Waals surface area (Å²) in [5.74, 6) is 1.25. The van der Waals surface area contributed by atoms with E-state index in [0.29, 0.717) is 37.5 Å². The minimum Gasteiger partial charge on any atom is -0.490 e. The number of nitro groups is 1. The normalized spacial score (nSPS) is 10.4. The van der Waals surface area contributed by atoms with Gasteiger partial charge in [-0.2, -0.15) is 0 Å². The van der Waals surface area contributed by atoms with Crippen molar-refractivity contribution in [1.82, 2.24) is 0 Å². The molecule has 150 valence electrons. The maximum Gasteiger partial charge on any atom is 0.269 e. The van der Waals surface area contributed by atoms with Crippen molar-refractivity contribution >= 4 is 17.3 Å². The average molecular weight is 386 g/mol. The number of carbonyl (C=O) groups is 1. The first-order valence-corrected chi connectivity index (χ1v) is 9.46. The van der Waals surface area contributed by atoms with Crippen LogP contribution in [0, 0.1) is 10.1 Å². The molecule has 0 aromatic heterocycles. The molecule has 0 aliphatic heterocycles. The van der Waals surface area contributed by atoms with Crippen LogP contribution in [0.4, 0.5) is 11.4 Å². The van der Waals surface area contributed by atoms with E-state index in [-0.39, 0.29) is 11.6 Å². The van der Waals surface area contributed by atoms with Crippen molar-refractivity contribution in [3.63, 3.8) is 0 Å². The highest BCUT2D eigenvalue weighted by atomic mass is 16.6. The number of carbonyl (C=O) groups excluding carboxylic acids is 1. The van der Waals surface area contributed by atoms with E-state index < -0.39 is 4.92 Å². The Morgan fingerprint density at radius 1 is 1.07 bits per heavy atom. The van der Waals surface area contributed by atoms with Gasteiger partial charge < -0.3 is 14.8 Å². The van der Waals surface area contributed by atoms with E-state index in [4.69, 9.17) is 9.47 Å². The van der Waals surface area contributed by atoms with Crippen molar-refractivity contribution in [3.8, 4) is 11.5 Å². The summed E-state index contributed by atoms with van der Waals surface area (Å²) in [7, 11) is 0. The lowest BCUT2D eigenvalue weighted by Gasteiger charge is -2.13. The van der Waals surface area contributed by atoms with Gasteiger partial charge in [0, 0.05) is 24.2 Å². The Balaban J connectivity index is 1.92. The molecule has 0 heterocycles. The molecule has 0 aliphatic carbocycles. The smallest absolute Gasteiger partial charge is 0.269 e. The molecule has 0 saturated carbocycles. The second kappa shape index (κ2) is 10.9. The number of benzene rings is 2. The summed E-state index contributed by atoms with van der Waals surface area (Å²) in [5, 5.41) is 13.4. The van der Waals surface area contributed by atoms with E-state index in [2.05, 4.69) is 12.2 Å². The molecule has 1 N–H and O–H groups in total. The number of nitro benzene ring substituents is 1. The van der Waals surface area contributed by atoms with E-state index in [9.17, 15) is 14.9 Å². The first-order valence-electron chi connectivity index (χ1n) is 9.46. The number of hydrogen-bond acceptors (Lipinski definition) is 5. The van der Waals surface area contributed by atoms with Gasteiger partial charge in [-0.05, 0) is 49.6 Å². The molecular formula is C21H26N2O5. The molecule has 2 rings (SSSR count). The number of nitrogens with zero attached hydrogens (tertiary/aromatic N) is 1. The maximum absolute atomic E-state index is 12.2. The van der Waals surface area contributed by atoms with Crippen molar-refractivity contribution in [2.24, 2.45) is 0 Å². The van der Waals surface area contributed by atoms with Crippen LogP contribution in [0.2, 0.25) is 0 Å². The molecule has 2 aromatic carbocycles. The summed E-state index contributed by atoms with van der Waals surface area (Å²) in [6.45, 7) is 5.21. The number of anilines is 1. The van der Waals surface area contributed by atoms with Crippen LogP contribution >= 0.6 is 0 Å². The van der Waals surface area contributed by atoms with Crippen LogP contribution in [-0.2, 0) is 11.2 Å². The largest absolute Gasteiger partial charge is 0.490 e. The van der Waals surface area contributed by atoms with Gasteiger partial charge in [0.25, 0.3) is 5.69 Å². The van der Waals surface area contributed by atoms with Crippen LogP contribution in [0.3, 0.4) is 0 Å². The predicted octanol–water partition coefficient (Wildman–Crippen LogP) is 4.74. The van der Waals surface area contributed by atoms with Crippen LogP contribution in [0.5, 0.6) is 11.5 Å². The lowest BCUT2D eigenvalue weighted by Crippen LogP contribution is -2.12. The number of unbranched alkanes of at least 4 members (excludes halogenated alkanes) is 1. The third-order valence-electron chi connectivity index (χ3n) is 4.07. The molecule has 0 bridgehead atoms. The monoisotopic (exact) mass is 386 g/mol. The van der Waals surface area contributed by atoms with Gasteiger partial charge in [-0.15, -0.1) is 0 Å². The molecule has 7 heteroatoms. The SMILES string of the molecule is CCCCOc1ccc(CCC(=O)Nc2ccc([N+](=O)[O-])cc2)cc1OCC. The number of aryl methyl sites for hydroxylation is 1. The quantitative estimate of drug-likeness (QED) is 0.342. The fraction of sp³-hybridized carbons (Fsp3) is 0.381. The number of amides is 1. The number of rotatable bonds is 11. The van der Waals surface area contributed by atoms with Crippen molar-refractivity contribution in [2.75, 3.05) is 18.5 Å². The Kier molecular flexibility index (Phi) is 8.27. The fourth-order valence-electron chi connectivity index (χ4n) is 2.57. The minimum atomic E-state index is -0.475. The first-order chi connectivity index (χ1) is 13.5. The molecule has 0 aliphatic rings. The lowest BCUT2D eigenvalue weighted by atomic mass is 10.1. The highest BCUT2D eigenvalue weighted by Gasteiger charge is 2.10. The number of hydrogen-bond donors (Lipinski definition) is 1. The summed E-state index contributed by atoms with van der Waals surface area (Å²) in [5.41, 5.74) is 1.50. The molecule has 2 aromatic rings.